The Morgan fingerprint density at radius 3 is 2.42 bits per heavy atom. The molecular weight excluding hydrogens is 326 g/mol. The molecule has 0 aliphatic rings. The summed E-state index contributed by atoms with van der Waals surface area (Å²) in [5, 5.41) is 13.8. The van der Waals surface area contributed by atoms with E-state index in [2.05, 4.69) is 45.1 Å². The normalized spacial score (nSPS) is 14.2. The topological polar surface area (TPSA) is 50.7 Å². The van der Waals surface area contributed by atoms with Crippen LogP contribution in [-0.4, -0.2) is 43.6 Å². The molecule has 0 fully saturated rings. The van der Waals surface area contributed by atoms with Gasteiger partial charge in [-0.2, -0.15) is 0 Å². The van der Waals surface area contributed by atoms with E-state index in [0.717, 1.165) is 44.4 Å². The Balaban J connectivity index is 2.20. The van der Waals surface area contributed by atoms with Crippen LogP contribution in [0.1, 0.15) is 58.9 Å². The lowest BCUT2D eigenvalue weighted by Gasteiger charge is -2.27. The zero-order valence-corrected chi connectivity index (χ0v) is 17.4. The third-order valence-electron chi connectivity index (χ3n) is 4.89. The number of rotatable bonds is 14. The van der Waals surface area contributed by atoms with Crippen LogP contribution in [0.2, 0.25) is 0 Å². The Hall–Kier alpha value is -1.10. The second kappa shape index (κ2) is 12.3. The Kier molecular flexibility index (Phi) is 10.9. The van der Waals surface area contributed by atoms with Crippen LogP contribution in [0.25, 0.3) is 0 Å². The van der Waals surface area contributed by atoms with E-state index in [9.17, 15) is 5.11 Å². The third kappa shape index (κ3) is 9.02. The number of aliphatic hydroxyl groups excluding tert-OH is 1. The first kappa shape index (κ1) is 22.9. The predicted octanol–water partition coefficient (Wildman–Crippen LogP) is 4.20. The maximum absolute atomic E-state index is 10.2. The summed E-state index contributed by atoms with van der Waals surface area (Å²) in [4.78, 5) is 0. The van der Waals surface area contributed by atoms with E-state index in [-0.39, 0.29) is 11.6 Å². The van der Waals surface area contributed by atoms with Crippen molar-refractivity contribution >= 4 is 0 Å². The van der Waals surface area contributed by atoms with Gasteiger partial charge in [0.05, 0.1) is 19.8 Å². The van der Waals surface area contributed by atoms with E-state index in [1.807, 2.05) is 12.1 Å². The highest BCUT2D eigenvalue weighted by molar-refractivity contribution is 5.28. The lowest BCUT2D eigenvalue weighted by Crippen LogP contribution is -2.42. The molecule has 4 nitrogen and oxygen atoms in total. The summed E-state index contributed by atoms with van der Waals surface area (Å²) in [5.74, 6) is 1.25. The molecular formula is C22H39NO3. The molecule has 0 aliphatic heterocycles. The summed E-state index contributed by atoms with van der Waals surface area (Å²) in [6.07, 6.45) is 4.78. The Morgan fingerprint density at radius 1 is 1.15 bits per heavy atom. The van der Waals surface area contributed by atoms with Gasteiger partial charge >= 0.3 is 0 Å². The Bertz CT molecular complexity index is 473. The number of methoxy groups -OCH3 is 1. The van der Waals surface area contributed by atoms with Gasteiger partial charge < -0.3 is 19.9 Å². The van der Waals surface area contributed by atoms with Crippen LogP contribution in [0.15, 0.2) is 24.3 Å². The molecule has 0 saturated carbocycles. The molecule has 2 unspecified atom stereocenters. The van der Waals surface area contributed by atoms with E-state index in [1.165, 1.54) is 5.56 Å². The molecule has 1 rings (SSSR count). The minimum atomic E-state index is -0.334. The maximum Gasteiger partial charge on any atom is 0.118 e. The summed E-state index contributed by atoms with van der Waals surface area (Å²) < 4.78 is 10.9. The third-order valence-corrected chi connectivity index (χ3v) is 4.89. The highest BCUT2D eigenvalue weighted by atomic mass is 16.5. The largest absolute Gasteiger partial charge is 0.497 e. The van der Waals surface area contributed by atoms with Gasteiger partial charge in [-0.15, -0.1) is 0 Å². The van der Waals surface area contributed by atoms with Crippen molar-refractivity contribution in [2.45, 2.75) is 71.4 Å². The fourth-order valence-corrected chi connectivity index (χ4v) is 3.30. The summed E-state index contributed by atoms with van der Waals surface area (Å²) in [6, 6.07) is 8.25. The Morgan fingerprint density at radius 2 is 1.85 bits per heavy atom. The molecule has 2 N–H and O–H groups in total. The van der Waals surface area contributed by atoms with Crippen LogP contribution >= 0.6 is 0 Å². The van der Waals surface area contributed by atoms with Crippen LogP contribution in [0.3, 0.4) is 0 Å². The highest BCUT2D eigenvalue weighted by Crippen LogP contribution is 2.17. The average molecular weight is 366 g/mol. The molecule has 0 heterocycles. The predicted molar refractivity (Wildman–Crippen MR) is 109 cm³/mol. The van der Waals surface area contributed by atoms with E-state index in [0.29, 0.717) is 19.1 Å². The number of hydrogen-bond donors (Lipinski definition) is 2. The molecule has 150 valence electrons. The Labute approximate surface area is 160 Å². The lowest BCUT2D eigenvalue weighted by atomic mass is 9.94. The first-order valence-corrected chi connectivity index (χ1v) is 10.1. The summed E-state index contributed by atoms with van der Waals surface area (Å²) in [7, 11) is 1.69. The van der Waals surface area contributed by atoms with Crippen molar-refractivity contribution < 1.29 is 14.6 Å². The molecule has 0 amide bonds. The zero-order chi connectivity index (χ0) is 19.4. The van der Waals surface area contributed by atoms with Crippen LogP contribution in [-0.2, 0) is 11.2 Å². The van der Waals surface area contributed by atoms with E-state index in [1.54, 1.807) is 7.11 Å². The summed E-state index contributed by atoms with van der Waals surface area (Å²) >= 11 is 0. The fraction of sp³-hybridized carbons (Fsp3) is 0.727. The molecule has 2 atom stereocenters. The van der Waals surface area contributed by atoms with Gasteiger partial charge in [-0.3, -0.25) is 0 Å². The molecule has 0 aliphatic carbocycles. The van der Waals surface area contributed by atoms with Crippen molar-refractivity contribution in [3.05, 3.63) is 29.8 Å². The number of benzene rings is 1. The standard InChI is InChI=1S/C22H39NO3/c1-6-9-19(7-2)21(24)17-26-15-8-14-23-22(3,4)16-18-10-12-20(25-5)13-11-18/h10-13,19,21,23-24H,6-9,14-17H2,1-5H3. The number of aliphatic hydroxyl groups is 1. The lowest BCUT2D eigenvalue weighted by molar-refractivity contribution is 0.000478. The molecule has 0 bridgehead atoms. The van der Waals surface area contributed by atoms with Crippen molar-refractivity contribution in [1.82, 2.24) is 5.32 Å². The molecule has 4 heteroatoms. The second-order valence-electron chi connectivity index (χ2n) is 7.79. The molecule has 1 aromatic carbocycles. The highest BCUT2D eigenvalue weighted by Gasteiger charge is 2.18. The fourth-order valence-electron chi connectivity index (χ4n) is 3.30. The van der Waals surface area contributed by atoms with Gasteiger partial charge in [-0.1, -0.05) is 38.8 Å². The van der Waals surface area contributed by atoms with Gasteiger partial charge in [0.2, 0.25) is 0 Å². The van der Waals surface area contributed by atoms with Crippen molar-refractivity contribution in [3.8, 4) is 5.75 Å². The smallest absolute Gasteiger partial charge is 0.118 e. The summed E-state index contributed by atoms with van der Waals surface area (Å²) in [6.45, 7) is 10.8. The van der Waals surface area contributed by atoms with Gasteiger partial charge in [-0.05, 0) is 63.3 Å². The van der Waals surface area contributed by atoms with Gasteiger partial charge in [0.1, 0.15) is 5.75 Å². The van der Waals surface area contributed by atoms with Gasteiger partial charge in [0.25, 0.3) is 0 Å². The van der Waals surface area contributed by atoms with Gasteiger partial charge in [0.15, 0.2) is 0 Å². The van der Waals surface area contributed by atoms with Crippen molar-refractivity contribution in [2.24, 2.45) is 5.92 Å². The molecule has 0 saturated heterocycles. The quantitative estimate of drug-likeness (QED) is 0.485. The van der Waals surface area contributed by atoms with Crippen LogP contribution in [0.5, 0.6) is 5.75 Å². The van der Waals surface area contributed by atoms with Crippen LogP contribution in [0, 0.1) is 5.92 Å². The zero-order valence-electron chi connectivity index (χ0n) is 17.4. The first-order chi connectivity index (χ1) is 12.4. The molecule has 0 aromatic heterocycles. The molecule has 0 spiro atoms. The first-order valence-electron chi connectivity index (χ1n) is 10.1. The maximum atomic E-state index is 10.2. The van der Waals surface area contributed by atoms with E-state index >= 15 is 0 Å². The van der Waals surface area contributed by atoms with Crippen LogP contribution < -0.4 is 10.1 Å². The number of ether oxygens (including phenoxy) is 2. The second-order valence-corrected chi connectivity index (χ2v) is 7.79. The average Bonchev–Trinajstić information content (AvgIpc) is 2.62. The van der Waals surface area contributed by atoms with Gasteiger partial charge in [-0.25, -0.2) is 0 Å². The van der Waals surface area contributed by atoms with Crippen molar-refractivity contribution in [1.29, 1.82) is 0 Å². The molecule has 26 heavy (non-hydrogen) atoms. The number of hydrogen-bond acceptors (Lipinski definition) is 4. The molecule has 0 radical (unpaired) electrons. The minimum absolute atomic E-state index is 0.0303. The monoisotopic (exact) mass is 365 g/mol. The van der Waals surface area contributed by atoms with Gasteiger partial charge in [0, 0.05) is 12.1 Å². The van der Waals surface area contributed by atoms with Crippen molar-refractivity contribution in [3.63, 3.8) is 0 Å². The minimum Gasteiger partial charge on any atom is -0.497 e. The van der Waals surface area contributed by atoms with E-state index in [4.69, 9.17) is 9.47 Å². The van der Waals surface area contributed by atoms with E-state index < -0.39 is 0 Å². The summed E-state index contributed by atoms with van der Waals surface area (Å²) in [5.41, 5.74) is 1.33. The molecule has 1 aromatic rings. The van der Waals surface area contributed by atoms with Crippen molar-refractivity contribution in [2.75, 3.05) is 26.9 Å². The SMILES string of the molecule is CCCC(CC)C(O)COCCCNC(C)(C)Cc1ccc(OC)cc1. The number of nitrogens with one attached hydrogen (secondary N) is 1. The van der Waals surface area contributed by atoms with Crippen LogP contribution in [0.4, 0.5) is 0 Å².